The summed E-state index contributed by atoms with van der Waals surface area (Å²) in [6, 6.07) is 0. The summed E-state index contributed by atoms with van der Waals surface area (Å²) in [5.41, 5.74) is 5.48. The highest BCUT2D eigenvalue weighted by Crippen LogP contribution is 2.13. The van der Waals surface area contributed by atoms with Crippen LogP contribution in [0.2, 0.25) is 0 Å². The number of hydrogen-bond acceptors (Lipinski definition) is 2. The number of likely N-dealkylation sites (N-methyl/N-ethyl adjacent to an activating group) is 1. The lowest BCUT2D eigenvalue weighted by atomic mass is 10.0. The average molecular weight is 360 g/mol. The molecule has 25 heavy (non-hydrogen) atoms. The average Bonchev–Trinajstić information content (AvgIpc) is 2.55. The van der Waals surface area contributed by atoms with Crippen LogP contribution >= 0.6 is 0 Å². The Morgan fingerprint density at radius 1 is 0.600 bits per heavy atom. The zero-order valence-electron chi connectivity index (χ0n) is 18.2. The molecule has 0 radical (unpaired) electrons. The summed E-state index contributed by atoms with van der Waals surface area (Å²) in [6.07, 6.45) is 21.4. The van der Waals surface area contributed by atoms with Gasteiger partial charge >= 0.3 is 0 Å². The summed E-state index contributed by atoms with van der Waals surface area (Å²) >= 11 is 0. The maximum atomic E-state index is 8.39. The first-order valence-corrected chi connectivity index (χ1v) is 11.1. The van der Waals surface area contributed by atoms with Gasteiger partial charge < -0.3 is 15.3 Å². The third kappa shape index (κ3) is 32.1. The molecular weight excluding hydrogens is 308 g/mol. The number of rotatable bonds is 17. The van der Waals surface area contributed by atoms with Crippen molar-refractivity contribution in [2.24, 2.45) is 5.73 Å². The number of aliphatic hydroxyl groups excluding tert-OH is 1. The van der Waals surface area contributed by atoms with Crippen molar-refractivity contribution in [1.29, 1.82) is 0 Å². The minimum absolute atomic E-state index is 0.281. The van der Waals surface area contributed by atoms with Gasteiger partial charge in [0.05, 0.1) is 27.7 Å². The maximum Gasteiger partial charge on any atom is 0.101 e. The lowest BCUT2D eigenvalue weighted by Crippen LogP contribution is -2.36. The Hall–Kier alpha value is -0.120. The fourth-order valence-electron chi connectivity index (χ4n) is 2.82. The molecule has 0 aromatic rings. The van der Waals surface area contributed by atoms with Crippen LogP contribution in [-0.4, -0.2) is 50.4 Å². The van der Waals surface area contributed by atoms with Gasteiger partial charge in [-0.3, -0.25) is 0 Å². The summed E-state index contributed by atoms with van der Waals surface area (Å²) in [5.74, 6) is 0. The van der Waals surface area contributed by atoms with E-state index in [2.05, 4.69) is 28.1 Å². The molecule has 0 heterocycles. The predicted molar refractivity (Wildman–Crippen MR) is 114 cm³/mol. The lowest BCUT2D eigenvalue weighted by molar-refractivity contribution is -0.870. The molecule has 154 valence electrons. The zero-order chi connectivity index (χ0) is 19.2. The molecule has 0 rings (SSSR count). The molecule has 0 aromatic heterocycles. The van der Waals surface area contributed by atoms with Crippen molar-refractivity contribution in [3.05, 3.63) is 0 Å². The Kier molecular flexibility index (Phi) is 23.8. The van der Waals surface area contributed by atoms with Gasteiger partial charge in [0.2, 0.25) is 0 Å². The highest BCUT2D eigenvalue weighted by molar-refractivity contribution is 4.49. The van der Waals surface area contributed by atoms with Gasteiger partial charge in [-0.2, -0.15) is 0 Å². The number of nitrogens with two attached hydrogens (primary N) is 1. The molecule has 0 amide bonds. The van der Waals surface area contributed by atoms with Crippen molar-refractivity contribution in [2.75, 3.05) is 40.8 Å². The molecule has 0 aliphatic carbocycles. The fourth-order valence-corrected chi connectivity index (χ4v) is 2.82. The third-order valence-electron chi connectivity index (χ3n) is 4.58. The van der Waals surface area contributed by atoms with Crippen molar-refractivity contribution in [3.8, 4) is 0 Å². The zero-order valence-corrected chi connectivity index (χ0v) is 18.2. The van der Waals surface area contributed by atoms with Gasteiger partial charge in [-0.05, 0) is 13.0 Å². The van der Waals surface area contributed by atoms with E-state index in [4.69, 9.17) is 10.8 Å². The highest BCUT2D eigenvalue weighted by Gasteiger charge is 2.02. The molecule has 0 saturated heterocycles. The van der Waals surface area contributed by atoms with Gasteiger partial charge in [-0.15, -0.1) is 0 Å². The molecule has 0 bridgehead atoms. The molecule has 0 aromatic carbocycles. The van der Waals surface area contributed by atoms with E-state index in [0.717, 1.165) is 17.6 Å². The summed E-state index contributed by atoms with van der Waals surface area (Å²) in [4.78, 5) is 0. The Morgan fingerprint density at radius 2 is 0.920 bits per heavy atom. The van der Waals surface area contributed by atoms with Crippen molar-refractivity contribution in [2.45, 2.75) is 103 Å². The number of unbranched alkanes of at least 4 members (excludes halogenated alkanes) is 14. The van der Waals surface area contributed by atoms with Crippen molar-refractivity contribution in [3.63, 3.8) is 0 Å². The van der Waals surface area contributed by atoms with E-state index >= 15 is 0 Å². The molecule has 0 aliphatic heterocycles. The SMILES string of the molecule is CCCCCCCCCCCCCCCCCN.C[N+](C)(C)CCO. The van der Waals surface area contributed by atoms with Gasteiger partial charge in [-0.25, -0.2) is 0 Å². The second-order valence-electron chi connectivity index (χ2n) is 8.48. The monoisotopic (exact) mass is 359 g/mol. The van der Waals surface area contributed by atoms with Crippen molar-refractivity contribution >= 4 is 0 Å². The Morgan fingerprint density at radius 3 is 1.12 bits per heavy atom. The molecule has 0 unspecified atom stereocenters. The fraction of sp³-hybridized carbons (Fsp3) is 1.00. The van der Waals surface area contributed by atoms with E-state index in [1.807, 2.05) is 0 Å². The van der Waals surface area contributed by atoms with Crippen LogP contribution in [0.3, 0.4) is 0 Å². The second kappa shape index (κ2) is 21.9. The molecule has 0 saturated carbocycles. The van der Waals surface area contributed by atoms with Crippen LogP contribution in [-0.2, 0) is 0 Å². The van der Waals surface area contributed by atoms with Crippen LogP contribution in [0.1, 0.15) is 103 Å². The van der Waals surface area contributed by atoms with E-state index in [0.29, 0.717) is 0 Å². The van der Waals surface area contributed by atoms with Crippen LogP contribution in [0, 0.1) is 0 Å². The van der Waals surface area contributed by atoms with Gasteiger partial charge in [0.1, 0.15) is 6.54 Å². The Balaban J connectivity index is 0. The van der Waals surface area contributed by atoms with E-state index in [-0.39, 0.29) is 6.61 Å². The second-order valence-corrected chi connectivity index (χ2v) is 8.48. The van der Waals surface area contributed by atoms with E-state index in [9.17, 15) is 0 Å². The highest BCUT2D eigenvalue weighted by atomic mass is 16.3. The summed E-state index contributed by atoms with van der Waals surface area (Å²) < 4.78 is 0.844. The summed E-state index contributed by atoms with van der Waals surface area (Å²) in [7, 11) is 6.16. The van der Waals surface area contributed by atoms with Crippen LogP contribution in [0.5, 0.6) is 0 Å². The standard InChI is InChI=1S/C17H37N.C5H14NO/c1-2-3-4-5-6-7-8-9-10-11-12-13-14-15-16-17-18;1-6(2,3)4-5-7/h2-18H2,1H3;7H,4-5H2,1-3H3/q;+1. The van der Waals surface area contributed by atoms with E-state index in [1.165, 1.54) is 96.3 Å². The van der Waals surface area contributed by atoms with Crippen molar-refractivity contribution in [1.82, 2.24) is 0 Å². The van der Waals surface area contributed by atoms with Crippen LogP contribution in [0.15, 0.2) is 0 Å². The molecule has 0 atom stereocenters. The molecule has 3 heteroatoms. The first-order valence-electron chi connectivity index (χ1n) is 11.1. The van der Waals surface area contributed by atoms with Gasteiger partial charge in [0.25, 0.3) is 0 Å². The Labute approximate surface area is 160 Å². The third-order valence-corrected chi connectivity index (χ3v) is 4.58. The molecular formula is C22H51N2O+. The quantitative estimate of drug-likeness (QED) is 0.266. The number of quaternary nitrogens is 1. The predicted octanol–water partition coefficient (Wildman–Crippen LogP) is 5.50. The molecule has 0 aliphatic rings. The first kappa shape index (κ1) is 27.1. The molecule has 3 N–H and O–H groups in total. The summed E-state index contributed by atoms with van der Waals surface area (Å²) in [6.45, 7) is 4.28. The number of aliphatic hydroxyl groups is 1. The molecule has 3 nitrogen and oxygen atoms in total. The first-order chi connectivity index (χ1) is 12.0. The van der Waals surface area contributed by atoms with Crippen LogP contribution < -0.4 is 5.73 Å². The maximum absolute atomic E-state index is 8.39. The largest absolute Gasteiger partial charge is 0.391 e. The normalized spacial score (nSPS) is 11.3. The molecule has 0 fully saturated rings. The number of hydrogen-bond donors (Lipinski definition) is 2. The topological polar surface area (TPSA) is 46.2 Å². The molecule has 0 spiro atoms. The van der Waals surface area contributed by atoms with E-state index in [1.54, 1.807) is 0 Å². The van der Waals surface area contributed by atoms with Gasteiger partial charge in [-0.1, -0.05) is 96.8 Å². The minimum Gasteiger partial charge on any atom is -0.391 e. The van der Waals surface area contributed by atoms with Crippen molar-refractivity contribution < 1.29 is 9.59 Å². The Bertz CT molecular complexity index is 211. The minimum atomic E-state index is 0.281. The van der Waals surface area contributed by atoms with Gasteiger partial charge in [0, 0.05) is 0 Å². The van der Waals surface area contributed by atoms with Crippen LogP contribution in [0.25, 0.3) is 0 Å². The van der Waals surface area contributed by atoms with Crippen LogP contribution in [0.4, 0.5) is 0 Å². The number of nitrogens with zero attached hydrogens (tertiary/aromatic N) is 1. The van der Waals surface area contributed by atoms with E-state index < -0.39 is 0 Å². The smallest absolute Gasteiger partial charge is 0.101 e. The van der Waals surface area contributed by atoms with Gasteiger partial charge in [0.15, 0.2) is 0 Å². The summed E-state index contributed by atoms with van der Waals surface area (Å²) in [5, 5.41) is 8.39. The lowest BCUT2D eigenvalue weighted by Gasteiger charge is -2.21.